The van der Waals surface area contributed by atoms with E-state index in [4.69, 9.17) is 32.4 Å². The van der Waals surface area contributed by atoms with Crippen LogP contribution in [0, 0.1) is 0 Å². The highest BCUT2D eigenvalue weighted by Gasteiger charge is 2.18. The Morgan fingerprint density at radius 3 is 2.91 bits per heavy atom. The maximum atomic E-state index is 9.45. The average Bonchev–Trinajstić information content (AvgIpc) is 3.01. The van der Waals surface area contributed by atoms with Crippen LogP contribution < -0.4 is 10.1 Å². The van der Waals surface area contributed by atoms with Crippen molar-refractivity contribution in [2.75, 3.05) is 19.8 Å². The molecule has 22 heavy (non-hydrogen) atoms. The zero-order valence-electron chi connectivity index (χ0n) is 11.7. The molecule has 0 saturated heterocycles. The Labute approximate surface area is 138 Å². The minimum absolute atomic E-state index is 0.0457. The Morgan fingerprint density at radius 2 is 2.18 bits per heavy atom. The van der Waals surface area contributed by atoms with Crippen LogP contribution in [0.25, 0.3) is 6.08 Å². The SMILES string of the molecule is OCC(NCC1=Cc2cc(Cl)cc(Cl)c2OC1)c1ccco1. The first-order valence-electron chi connectivity index (χ1n) is 6.86. The van der Waals surface area contributed by atoms with E-state index >= 15 is 0 Å². The van der Waals surface area contributed by atoms with Crippen LogP contribution in [-0.4, -0.2) is 24.9 Å². The second-order valence-corrected chi connectivity index (χ2v) is 5.87. The van der Waals surface area contributed by atoms with Crippen LogP contribution in [0.2, 0.25) is 10.0 Å². The Morgan fingerprint density at radius 1 is 1.32 bits per heavy atom. The molecule has 0 radical (unpaired) electrons. The van der Waals surface area contributed by atoms with Gasteiger partial charge in [0, 0.05) is 17.1 Å². The Bertz CT molecular complexity index is 683. The van der Waals surface area contributed by atoms with Crippen LogP contribution in [-0.2, 0) is 0 Å². The number of hydrogen-bond acceptors (Lipinski definition) is 4. The van der Waals surface area contributed by atoms with Gasteiger partial charge < -0.3 is 19.6 Å². The van der Waals surface area contributed by atoms with Crippen LogP contribution in [0.1, 0.15) is 17.4 Å². The smallest absolute Gasteiger partial charge is 0.145 e. The van der Waals surface area contributed by atoms with Gasteiger partial charge in [0.2, 0.25) is 0 Å². The summed E-state index contributed by atoms with van der Waals surface area (Å²) in [6.07, 6.45) is 3.59. The molecule has 1 aliphatic heterocycles. The highest BCUT2D eigenvalue weighted by molar-refractivity contribution is 6.36. The molecule has 1 unspecified atom stereocenters. The number of hydrogen-bond donors (Lipinski definition) is 2. The van der Waals surface area contributed by atoms with E-state index in [1.807, 2.05) is 18.2 Å². The number of nitrogens with one attached hydrogen (secondary N) is 1. The third kappa shape index (κ3) is 3.31. The first-order chi connectivity index (χ1) is 10.7. The molecule has 0 aliphatic carbocycles. The predicted molar refractivity (Wildman–Crippen MR) is 86.5 cm³/mol. The van der Waals surface area contributed by atoms with Gasteiger partial charge in [-0.15, -0.1) is 0 Å². The van der Waals surface area contributed by atoms with Crippen molar-refractivity contribution in [2.45, 2.75) is 6.04 Å². The molecule has 116 valence electrons. The van der Waals surface area contributed by atoms with Gasteiger partial charge in [0.15, 0.2) is 0 Å². The average molecular weight is 340 g/mol. The first kappa shape index (κ1) is 15.4. The van der Waals surface area contributed by atoms with Gasteiger partial charge in [-0.25, -0.2) is 0 Å². The van der Waals surface area contributed by atoms with Gasteiger partial charge in [-0.05, 0) is 35.9 Å². The summed E-state index contributed by atoms with van der Waals surface area (Å²) in [5, 5.41) is 13.8. The molecule has 2 aromatic rings. The maximum absolute atomic E-state index is 9.45. The molecule has 3 rings (SSSR count). The van der Waals surface area contributed by atoms with Crippen LogP contribution in [0.15, 0.2) is 40.5 Å². The molecular formula is C16H15Cl2NO3. The number of halogens is 2. The van der Waals surface area contributed by atoms with E-state index in [0.29, 0.717) is 34.7 Å². The van der Waals surface area contributed by atoms with Crippen molar-refractivity contribution in [3.8, 4) is 5.75 Å². The van der Waals surface area contributed by atoms with E-state index in [1.54, 1.807) is 18.4 Å². The fourth-order valence-electron chi connectivity index (χ4n) is 2.37. The van der Waals surface area contributed by atoms with E-state index in [1.165, 1.54) is 0 Å². The Hall–Kier alpha value is -1.46. The molecule has 1 aliphatic rings. The topological polar surface area (TPSA) is 54.6 Å². The summed E-state index contributed by atoms with van der Waals surface area (Å²) in [6.45, 7) is 0.961. The van der Waals surface area contributed by atoms with Gasteiger partial charge in [-0.1, -0.05) is 23.2 Å². The summed E-state index contributed by atoms with van der Waals surface area (Å²) >= 11 is 12.1. The van der Waals surface area contributed by atoms with Crippen molar-refractivity contribution in [1.82, 2.24) is 5.32 Å². The molecule has 1 aromatic heterocycles. The molecule has 0 amide bonds. The number of rotatable bonds is 5. The quantitative estimate of drug-likeness (QED) is 0.872. The molecule has 0 fully saturated rings. The standard InChI is InChI=1S/C16H15Cl2NO3/c17-12-5-11-4-10(9-22-16(11)13(18)6-12)7-19-14(8-20)15-2-1-3-21-15/h1-6,14,19-20H,7-9H2. The highest BCUT2D eigenvalue weighted by atomic mass is 35.5. The number of aliphatic hydroxyl groups excluding tert-OH is 1. The minimum Gasteiger partial charge on any atom is -0.487 e. The molecule has 6 heteroatoms. The van der Waals surface area contributed by atoms with Crippen molar-refractivity contribution in [3.63, 3.8) is 0 Å². The summed E-state index contributed by atoms with van der Waals surface area (Å²) in [7, 11) is 0. The van der Waals surface area contributed by atoms with E-state index in [9.17, 15) is 5.11 Å². The molecule has 0 saturated carbocycles. The van der Waals surface area contributed by atoms with Gasteiger partial charge >= 0.3 is 0 Å². The molecular weight excluding hydrogens is 325 g/mol. The van der Waals surface area contributed by atoms with Crippen molar-refractivity contribution in [1.29, 1.82) is 0 Å². The number of fused-ring (bicyclic) bond motifs is 1. The minimum atomic E-state index is -0.250. The van der Waals surface area contributed by atoms with E-state index in [0.717, 1.165) is 11.1 Å². The number of benzene rings is 1. The summed E-state index contributed by atoms with van der Waals surface area (Å²) in [5.74, 6) is 1.35. The second kappa shape index (κ2) is 6.75. The third-order valence-electron chi connectivity index (χ3n) is 3.44. The summed E-state index contributed by atoms with van der Waals surface area (Å²) in [5.41, 5.74) is 1.90. The van der Waals surface area contributed by atoms with Crippen molar-refractivity contribution >= 4 is 29.3 Å². The molecule has 2 heterocycles. The van der Waals surface area contributed by atoms with Gasteiger partial charge in [-0.3, -0.25) is 0 Å². The monoisotopic (exact) mass is 339 g/mol. The highest BCUT2D eigenvalue weighted by Crippen LogP contribution is 2.36. The molecule has 0 bridgehead atoms. The molecule has 2 N–H and O–H groups in total. The molecule has 1 aromatic carbocycles. The van der Waals surface area contributed by atoms with Crippen molar-refractivity contribution < 1.29 is 14.3 Å². The fourth-order valence-corrected chi connectivity index (χ4v) is 2.93. The van der Waals surface area contributed by atoms with E-state index in [2.05, 4.69) is 5.32 Å². The summed E-state index contributed by atoms with van der Waals surface area (Å²) < 4.78 is 11.0. The number of furan rings is 1. The zero-order valence-corrected chi connectivity index (χ0v) is 13.2. The van der Waals surface area contributed by atoms with Gasteiger partial charge in [0.1, 0.15) is 18.1 Å². The first-order valence-corrected chi connectivity index (χ1v) is 7.62. The largest absolute Gasteiger partial charge is 0.487 e. The van der Waals surface area contributed by atoms with E-state index < -0.39 is 0 Å². The van der Waals surface area contributed by atoms with Crippen LogP contribution in [0.3, 0.4) is 0 Å². The van der Waals surface area contributed by atoms with Gasteiger partial charge in [-0.2, -0.15) is 0 Å². The number of aliphatic hydroxyl groups is 1. The summed E-state index contributed by atoms with van der Waals surface area (Å²) in [6, 6.07) is 6.85. The molecule has 1 atom stereocenters. The lowest BCUT2D eigenvalue weighted by atomic mass is 10.1. The van der Waals surface area contributed by atoms with Crippen molar-refractivity contribution in [2.24, 2.45) is 0 Å². The van der Waals surface area contributed by atoms with Crippen LogP contribution in [0.4, 0.5) is 0 Å². The van der Waals surface area contributed by atoms with Crippen molar-refractivity contribution in [3.05, 3.63) is 57.5 Å². The summed E-state index contributed by atoms with van der Waals surface area (Å²) in [4.78, 5) is 0. The Kier molecular flexibility index (Phi) is 4.74. The molecule has 4 nitrogen and oxygen atoms in total. The lowest BCUT2D eigenvalue weighted by Crippen LogP contribution is -2.28. The second-order valence-electron chi connectivity index (χ2n) is 5.03. The predicted octanol–water partition coefficient (Wildman–Crippen LogP) is 3.69. The number of ether oxygens (including phenoxy) is 1. The third-order valence-corrected chi connectivity index (χ3v) is 3.94. The van der Waals surface area contributed by atoms with Gasteiger partial charge in [0.25, 0.3) is 0 Å². The fraction of sp³-hybridized carbons (Fsp3) is 0.250. The normalized spacial score (nSPS) is 15.0. The van der Waals surface area contributed by atoms with Crippen LogP contribution >= 0.6 is 23.2 Å². The zero-order chi connectivity index (χ0) is 15.5. The lowest BCUT2D eigenvalue weighted by Gasteiger charge is -2.21. The molecule has 0 spiro atoms. The van der Waals surface area contributed by atoms with Gasteiger partial charge in [0.05, 0.1) is 23.9 Å². The lowest BCUT2D eigenvalue weighted by molar-refractivity contribution is 0.227. The van der Waals surface area contributed by atoms with Crippen LogP contribution in [0.5, 0.6) is 5.75 Å². The Balaban J connectivity index is 1.72. The van der Waals surface area contributed by atoms with E-state index in [-0.39, 0.29) is 12.6 Å². The maximum Gasteiger partial charge on any atom is 0.145 e.